The summed E-state index contributed by atoms with van der Waals surface area (Å²) in [5.74, 6) is 1.38. The van der Waals surface area contributed by atoms with Crippen LogP contribution in [0.25, 0.3) is 0 Å². The van der Waals surface area contributed by atoms with Crippen LogP contribution in [0.15, 0.2) is 0 Å². The number of carbonyl (C=O) groups is 2. The number of hydrogen-bond donors (Lipinski definition) is 2. The average Bonchev–Trinajstić information content (AvgIpc) is 2.59. The first-order valence-electron chi connectivity index (χ1n) is 5.53. The van der Waals surface area contributed by atoms with E-state index < -0.39 is 29.4 Å². The highest BCUT2D eigenvalue weighted by Gasteiger charge is 2.40. The van der Waals surface area contributed by atoms with Crippen molar-refractivity contribution in [3.05, 3.63) is 0 Å². The second-order valence-corrected chi connectivity index (χ2v) is 5.20. The van der Waals surface area contributed by atoms with E-state index in [9.17, 15) is 14.7 Å². The summed E-state index contributed by atoms with van der Waals surface area (Å²) in [4.78, 5) is 22.8. The molecular formula is C12H17NO5. The molecule has 2 N–H and O–H groups in total. The van der Waals surface area contributed by atoms with Crippen LogP contribution in [0, 0.1) is 12.3 Å². The normalized spacial score (nSPS) is 27.4. The molecule has 0 aliphatic carbocycles. The molecule has 1 aliphatic heterocycles. The van der Waals surface area contributed by atoms with E-state index in [0.29, 0.717) is 0 Å². The van der Waals surface area contributed by atoms with Crippen molar-refractivity contribution in [1.82, 2.24) is 5.32 Å². The lowest BCUT2D eigenvalue weighted by Gasteiger charge is -2.19. The Kier molecular flexibility index (Phi) is 3.99. The van der Waals surface area contributed by atoms with Gasteiger partial charge in [-0.3, -0.25) is 0 Å². The third-order valence-corrected chi connectivity index (χ3v) is 2.31. The van der Waals surface area contributed by atoms with Crippen LogP contribution in [0.3, 0.4) is 0 Å². The second kappa shape index (κ2) is 4.96. The molecule has 0 bridgehead atoms. The maximum Gasteiger partial charge on any atom is 0.516 e. The summed E-state index contributed by atoms with van der Waals surface area (Å²) < 4.78 is 9.34. The highest BCUT2D eigenvalue weighted by Crippen LogP contribution is 2.19. The molecule has 0 aromatic heterocycles. The van der Waals surface area contributed by atoms with E-state index in [1.165, 1.54) is 0 Å². The molecule has 0 aromatic carbocycles. The quantitative estimate of drug-likeness (QED) is 0.395. The molecule has 18 heavy (non-hydrogen) atoms. The fraction of sp³-hybridized carbons (Fsp3) is 0.667. The van der Waals surface area contributed by atoms with Crippen molar-refractivity contribution >= 4 is 12.1 Å². The van der Waals surface area contributed by atoms with Gasteiger partial charge in [0, 0.05) is 13.0 Å². The van der Waals surface area contributed by atoms with E-state index in [2.05, 4.69) is 16.0 Å². The van der Waals surface area contributed by atoms with E-state index in [1.807, 2.05) is 0 Å². The van der Waals surface area contributed by atoms with Crippen molar-refractivity contribution in [3.8, 4) is 12.3 Å². The number of aliphatic hydroxyl groups is 1. The van der Waals surface area contributed by atoms with Gasteiger partial charge in [-0.2, -0.15) is 0 Å². The summed E-state index contributed by atoms with van der Waals surface area (Å²) in [5, 5.41) is 12.4. The van der Waals surface area contributed by atoms with Crippen LogP contribution in [0.4, 0.5) is 4.79 Å². The number of β-amino-alcohol motifs (C(OH)–C–C–N with tert-alkyl or cyclic N) is 1. The van der Waals surface area contributed by atoms with Gasteiger partial charge in [-0.1, -0.05) is 5.92 Å². The number of hydrogen-bond acceptors (Lipinski definition) is 6. The summed E-state index contributed by atoms with van der Waals surface area (Å²) in [6.07, 6.45) is 4.07. The Balaban J connectivity index is 2.49. The maximum atomic E-state index is 11.6. The Labute approximate surface area is 106 Å². The molecule has 1 saturated heterocycles. The molecule has 1 fully saturated rings. The van der Waals surface area contributed by atoms with E-state index in [1.54, 1.807) is 20.8 Å². The van der Waals surface area contributed by atoms with Crippen LogP contribution < -0.4 is 5.32 Å². The minimum Gasteiger partial charge on any atom is -0.428 e. The topological polar surface area (TPSA) is 84.9 Å². The molecule has 1 rings (SSSR count). The summed E-state index contributed by atoms with van der Waals surface area (Å²) in [7, 11) is 0. The van der Waals surface area contributed by atoms with E-state index in [0.717, 1.165) is 0 Å². The van der Waals surface area contributed by atoms with Gasteiger partial charge in [0.15, 0.2) is 0 Å². The summed E-state index contributed by atoms with van der Waals surface area (Å²) in [5.41, 5.74) is -2.11. The minimum absolute atomic E-state index is 0.00509. The molecule has 6 heteroatoms. The van der Waals surface area contributed by atoms with Crippen molar-refractivity contribution in [3.63, 3.8) is 0 Å². The number of nitrogens with one attached hydrogen (secondary N) is 1. The van der Waals surface area contributed by atoms with Crippen LogP contribution in [0.1, 0.15) is 27.2 Å². The van der Waals surface area contributed by atoms with Crippen LogP contribution >= 0.6 is 0 Å². The zero-order valence-corrected chi connectivity index (χ0v) is 10.6. The minimum atomic E-state index is -1.38. The molecule has 0 amide bonds. The summed E-state index contributed by atoms with van der Waals surface area (Å²) in [6, 6.07) is -0.807. The van der Waals surface area contributed by atoms with Crippen LogP contribution in [0.5, 0.6) is 0 Å². The molecule has 0 saturated carbocycles. The van der Waals surface area contributed by atoms with Gasteiger partial charge < -0.3 is 19.9 Å². The number of rotatable bonds is 1. The third kappa shape index (κ3) is 4.02. The van der Waals surface area contributed by atoms with E-state index in [4.69, 9.17) is 11.2 Å². The van der Waals surface area contributed by atoms with Crippen molar-refractivity contribution in [2.75, 3.05) is 6.54 Å². The largest absolute Gasteiger partial charge is 0.516 e. The molecule has 1 heterocycles. The Morgan fingerprint density at radius 3 is 2.56 bits per heavy atom. The highest BCUT2D eigenvalue weighted by molar-refractivity contribution is 5.86. The lowest BCUT2D eigenvalue weighted by molar-refractivity contribution is -0.143. The van der Waals surface area contributed by atoms with Gasteiger partial charge in [0.2, 0.25) is 0 Å². The lowest BCUT2D eigenvalue weighted by atomic mass is 10.0. The molecule has 2 atom stereocenters. The van der Waals surface area contributed by atoms with Gasteiger partial charge in [-0.25, -0.2) is 9.59 Å². The molecule has 0 unspecified atom stereocenters. The van der Waals surface area contributed by atoms with Crippen LogP contribution in [0.2, 0.25) is 0 Å². The van der Waals surface area contributed by atoms with E-state index >= 15 is 0 Å². The van der Waals surface area contributed by atoms with Gasteiger partial charge in [-0.05, 0) is 20.8 Å². The van der Waals surface area contributed by atoms with Gasteiger partial charge >= 0.3 is 12.1 Å². The smallest absolute Gasteiger partial charge is 0.428 e. The molecule has 0 spiro atoms. The molecular weight excluding hydrogens is 238 g/mol. The first-order valence-corrected chi connectivity index (χ1v) is 5.53. The monoisotopic (exact) mass is 255 g/mol. The van der Waals surface area contributed by atoms with Gasteiger partial charge in [0.25, 0.3) is 0 Å². The second-order valence-electron chi connectivity index (χ2n) is 5.20. The maximum absolute atomic E-state index is 11.6. The first kappa shape index (κ1) is 14.5. The molecule has 1 aliphatic rings. The molecule has 0 radical (unpaired) electrons. The van der Waals surface area contributed by atoms with Crippen molar-refractivity contribution in [2.24, 2.45) is 0 Å². The van der Waals surface area contributed by atoms with Crippen molar-refractivity contribution < 1.29 is 24.2 Å². The first-order chi connectivity index (χ1) is 8.15. The van der Waals surface area contributed by atoms with Crippen LogP contribution in [-0.4, -0.2) is 41.0 Å². The summed E-state index contributed by atoms with van der Waals surface area (Å²) in [6.45, 7) is 5.05. The number of ether oxygens (including phenoxy) is 2. The number of esters is 1. The Bertz CT molecular complexity index is 392. The third-order valence-electron chi connectivity index (χ3n) is 2.31. The Morgan fingerprint density at radius 2 is 2.11 bits per heavy atom. The standard InChI is InChI=1S/C12H17NO5/c1-5-12(16)6-8(13-7-12)9(14)17-10(15)18-11(2,3)4/h1,8,13,16H,6-7H2,2-4H3/t8-,12-/m1/s1. The predicted molar refractivity (Wildman–Crippen MR) is 62.5 cm³/mol. The SMILES string of the molecule is C#C[C@]1(O)CN[C@@H](C(=O)OC(=O)OC(C)(C)C)C1. The van der Waals surface area contributed by atoms with Crippen molar-refractivity contribution in [1.29, 1.82) is 0 Å². The van der Waals surface area contributed by atoms with Crippen LogP contribution in [-0.2, 0) is 14.3 Å². The zero-order valence-electron chi connectivity index (χ0n) is 10.6. The average molecular weight is 255 g/mol. The Morgan fingerprint density at radius 1 is 1.50 bits per heavy atom. The number of carbonyl (C=O) groups excluding carboxylic acids is 2. The zero-order chi connectivity index (χ0) is 14.0. The highest BCUT2D eigenvalue weighted by atomic mass is 16.7. The lowest BCUT2D eigenvalue weighted by Crippen LogP contribution is -2.35. The van der Waals surface area contributed by atoms with Gasteiger partial charge in [-0.15, -0.1) is 6.42 Å². The summed E-state index contributed by atoms with van der Waals surface area (Å²) >= 11 is 0. The molecule has 6 nitrogen and oxygen atoms in total. The Hall–Kier alpha value is -1.58. The fourth-order valence-corrected chi connectivity index (χ4v) is 1.47. The van der Waals surface area contributed by atoms with Crippen molar-refractivity contribution in [2.45, 2.75) is 44.4 Å². The molecule has 100 valence electrons. The van der Waals surface area contributed by atoms with E-state index in [-0.39, 0.29) is 13.0 Å². The molecule has 0 aromatic rings. The fourth-order valence-electron chi connectivity index (χ4n) is 1.47. The predicted octanol–water partition coefficient (Wildman–Crippen LogP) is 0.191. The van der Waals surface area contributed by atoms with Gasteiger partial charge in [0.1, 0.15) is 17.2 Å². The number of terminal acetylenes is 1. The van der Waals surface area contributed by atoms with Gasteiger partial charge in [0.05, 0.1) is 0 Å².